The fraction of sp³-hybridized carbons (Fsp3) is 0.923. The van der Waals surface area contributed by atoms with Gasteiger partial charge in [0.2, 0.25) is 0 Å². The lowest BCUT2D eigenvalue weighted by atomic mass is 9.43. The summed E-state index contributed by atoms with van der Waals surface area (Å²) in [6, 6.07) is 0. The minimum absolute atomic E-state index is 0.00215. The normalized spacial score (nSPS) is 41.3. The molecule has 98 valence electrons. The minimum Gasteiger partial charge on any atom is -0.411 e. The molecule has 0 saturated heterocycles. The Balaban J connectivity index is 2.15. The van der Waals surface area contributed by atoms with Crippen molar-refractivity contribution in [3.05, 3.63) is 0 Å². The van der Waals surface area contributed by atoms with E-state index in [0.29, 0.717) is 17.3 Å². The van der Waals surface area contributed by atoms with Gasteiger partial charge in [-0.3, -0.25) is 0 Å². The van der Waals surface area contributed by atoms with Gasteiger partial charge in [-0.1, -0.05) is 19.0 Å². The van der Waals surface area contributed by atoms with E-state index in [4.69, 9.17) is 0 Å². The quantitative estimate of drug-likeness (QED) is 0.357. The molecule has 2 bridgehead atoms. The summed E-state index contributed by atoms with van der Waals surface area (Å²) >= 11 is 0. The summed E-state index contributed by atoms with van der Waals surface area (Å²) in [7, 11) is 0. The van der Waals surface area contributed by atoms with Crippen LogP contribution < -0.4 is 11.1 Å². The third-order valence-electron chi connectivity index (χ3n) is 5.40. The number of nitrogens with zero attached hydrogens (tertiary/aromatic N) is 1. The first kappa shape index (κ1) is 12.8. The summed E-state index contributed by atoms with van der Waals surface area (Å²) in [6.07, 6.45) is 3.39. The maximum absolute atomic E-state index is 9.25. The lowest BCUT2D eigenvalue weighted by Gasteiger charge is -2.62. The number of oxime groups is 1. The Kier molecular flexibility index (Phi) is 3.21. The van der Waals surface area contributed by atoms with Crippen LogP contribution in [0.5, 0.6) is 0 Å². The van der Waals surface area contributed by atoms with E-state index in [1.54, 1.807) is 0 Å². The molecule has 0 spiro atoms. The van der Waals surface area contributed by atoms with Gasteiger partial charge in [0, 0.05) is 12.3 Å². The predicted molar refractivity (Wildman–Crippen MR) is 66.8 cm³/mol. The molecular formula is C13H27N3O+2. The summed E-state index contributed by atoms with van der Waals surface area (Å²) in [5, 5.41) is 15.2. The summed E-state index contributed by atoms with van der Waals surface area (Å²) in [4.78, 5) is 0. The molecule has 3 aliphatic carbocycles. The summed E-state index contributed by atoms with van der Waals surface area (Å²) in [5.41, 5.74) is 5.30. The molecule has 3 saturated carbocycles. The molecule has 4 nitrogen and oxygen atoms in total. The molecule has 3 atom stereocenters. The highest BCUT2D eigenvalue weighted by Crippen LogP contribution is 2.60. The van der Waals surface area contributed by atoms with Crippen LogP contribution in [0.25, 0.3) is 0 Å². The maximum Gasteiger partial charge on any atom is 0.139 e. The van der Waals surface area contributed by atoms with E-state index in [2.05, 4.69) is 37.0 Å². The van der Waals surface area contributed by atoms with Crippen LogP contribution in [0, 0.1) is 17.3 Å². The van der Waals surface area contributed by atoms with Crippen molar-refractivity contribution in [1.29, 1.82) is 0 Å². The van der Waals surface area contributed by atoms with E-state index in [-0.39, 0.29) is 5.54 Å². The molecule has 4 heteroatoms. The summed E-state index contributed by atoms with van der Waals surface area (Å²) < 4.78 is 0. The van der Waals surface area contributed by atoms with Gasteiger partial charge in [0.25, 0.3) is 0 Å². The first-order chi connectivity index (χ1) is 7.96. The average molecular weight is 241 g/mol. The van der Waals surface area contributed by atoms with Gasteiger partial charge in [0.1, 0.15) is 11.3 Å². The number of hydrogen-bond donors (Lipinski definition) is 3. The number of rotatable bonds is 4. The zero-order valence-electron chi connectivity index (χ0n) is 11.4. The molecule has 3 fully saturated rings. The molecule has 0 amide bonds. The van der Waals surface area contributed by atoms with Crippen molar-refractivity contribution < 1.29 is 16.3 Å². The van der Waals surface area contributed by atoms with Crippen LogP contribution in [0.4, 0.5) is 0 Å². The molecule has 0 aromatic rings. The van der Waals surface area contributed by atoms with Gasteiger partial charge >= 0.3 is 0 Å². The first-order valence-corrected chi connectivity index (χ1v) is 6.81. The highest BCUT2D eigenvalue weighted by atomic mass is 16.4. The predicted octanol–water partition coefficient (Wildman–Crippen LogP) is -0.163. The second-order valence-electron chi connectivity index (χ2n) is 6.54. The van der Waals surface area contributed by atoms with Crippen LogP contribution in [0.15, 0.2) is 5.16 Å². The molecule has 0 aromatic carbocycles. The summed E-state index contributed by atoms with van der Waals surface area (Å²) in [5.74, 6) is 1.36. The Morgan fingerprint density at radius 3 is 2.71 bits per heavy atom. The van der Waals surface area contributed by atoms with Crippen molar-refractivity contribution in [3.63, 3.8) is 0 Å². The molecule has 6 N–H and O–H groups in total. The van der Waals surface area contributed by atoms with Crippen LogP contribution in [-0.2, 0) is 0 Å². The number of quaternary nitrogens is 2. The zero-order chi connectivity index (χ0) is 12.7. The van der Waals surface area contributed by atoms with Gasteiger partial charge in [0.05, 0.1) is 13.1 Å². The van der Waals surface area contributed by atoms with Gasteiger partial charge in [-0.25, -0.2) is 0 Å². The van der Waals surface area contributed by atoms with Crippen LogP contribution in [-0.4, -0.2) is 29.5 Å². The van der Waals surface area contributed by atoms with E-state index >= 15 is 0 Å². The maximum atomic E-state index is 9.25. The highest BCUT2D eigenvalue weighted by molar-refractivity contribution is 5.93. The van der Waals surface area contributed by atoms with Crippen molar-refractivity contribution in [2.75, 3.05) is 13.1 Å². The Hall–Kier alpha value is -0.610. The molecule has 3 aliphatic rings. The van der Waals surface area contributed by atoms with Gasteiger partial charge in [-0.2, -0.15) is 0 Å². The molecule has 17 heavy (non-hydrogen) atoms. The van der Waals surface area contributed by atoms with E-state index in [0.717, 1.165) is 31.6 Å². The largest absolute Gasteiger partial charge is 0.411 e. The van der Waals surface area contributed by atoms with Crippen molar-refractivity contribution in [3.8, 4) is 0 Å². The fourth-order valence-electron chi connectivity index (χ4n) is 3.99. The van der Waals surface area contributed by atoms with Crippen molar-refractivity contribution in [2.24, 2.45) is 22.4 Å². The Bertz CT molecular complexity index is 327. The van der Waals surface area contributed by atoms with Gasteiger partial charge in [-0.15, -0.1) is 0 Å². The third kappa shape index (κ3) is 1.78. The van der Waals surface area contributed by atoms with E-state index in [1.807, 2.05) is 0 Å². The highest BCUT2D eigenvalue weighted by Gasteiger charge is 2.64. The van der Waals surface area contributed by atoms with Crippen LogP contribution in [0.3, 0.4) is 0 Å². The minimum atomic E-state index is 0.00215. The third-order valence-corrected chi connectivity index (χ3v) is 5.40. The number of nitrogens with two attached hydrogens (primary N) is 1. The van der Waals surface area contributed by atoms with Crippen LogP contribution in [0.1, 0.15) is 40.0 Å². The molecule has 0 aliphatic heterocycles. The SMILES string of the molecule is CC1(C)[C@@H]2C/C(=N\O)[C@@](C)([NH2+]CCC[NH3+])[C@H]1C2. The molecule has 0 aromatic heterocycles. The van der Waals surface area contributed by atoms with Crippen LogP contribution in [0.2, 0.25) is 0 Å². The lowest BCUT2D eigenvalue weighted by Crippen LogP contribution is -3.02. The van der Waals surface area contributed by atoms with Crippen molar-refractivity contribution >= 4 is 5.71 Å². The monoisotopic (exact) mass is 241 g/mol. The Morgan fingerprint density at radius 1 is 1.47 bits per heavy atom. The lowest BCUT2D eigenvalue weighted by molar-refractivity contribution is -0.723. The average Bonchev–Trinajstić information content (AvgIpc) is 2.28. The van der Waals surface area contributed by atoms with Gasteiger partial charge in [-0.05, 0) is 31.1 Å². The molecular weight excluding hydrogens is 214 g/mol. The van der Waals surface area contributed by atoms with E-state index in [1.165, 1.54) is 6.42 Å². The van der Waals surface area contributed by atoms with Crippen molar-refractivity contribution in [1.82, 2.24) is 0 Å². The van der Waals surface area contributed by atoms with Crippen molar-refractivity contribution in [2.45, 2.75) is 45.6 Å². The van der Waals surface area contributed by atoms with Gasteiger partial charge in [0.15, 0.2) is 0 Å². The van der Waals surface area contributed by atoms with Gasteiger partial charge < -0.3 is 16.3 Å². The number of hydrogen-bond acceptors (Lipinski definition) is 2. The second kappa shape index (κ2) is 4.25. The molecule has 0 radical (unpaired) electrons. The molecule has 0 unspecified atom stereocenters. The second-order valence-corrected chi connectivity index (χ2v) is 6.54. The first-order valence-electron chi connectivity index (χ1n) is 6.81. The smallest absolute Gasteiger partial charge is 0.139 e. The van der Waals surface area contributed by atoms with E-state index in [9.17, 15) is 5.21 Å². The standard InChI is InChI=1S/C13H25N3O/c1-12(2)9-7-10(12)13(3,11(8-9)16-17)15-6-4-5-14/h9-10,15,17H,4-8,14H2,1-3H3/p+2/b16-11+/t9-,10-,13-/m0/s1. The molecule has 0 heterocycles. The topological polar surface area (TPSA) is 76.8 Å². The fourth-order valence-corrected chi connectivity index (χ4v) is 3.99. The Morgan fingerprint density at radius 2 is 2.18 bits per heavy atom. The van der Waals surface area contributed by atoms with E-state index < -0.39 is 0 Å². The zero-order valence-corrected chi connectivity index (χ0v) is 11.4. The number of fused-ring (bicyclic) bond motifs is 2. The van der Waals surface area contributed by atoms with Crippen LogP contribution >= 0.6 is 0 Å². The summed E-state index contributed by atoms with van der Waals surface area (Å²) in [6.45, 7) is 9.05. The molecule has 3 rings (SSSR count). The Labute approximate surface area is 104 Å².